The minimum atomic E-state index is -1.15. The summed E-state index contributed by atoms with van der Waals surface area (Å²) in [6.07, 6.45) is -0.566. The fourth-order valence-corrected chi connectivity index (χ4v) is 0.987. The molecule has 3 N–H and O–H groups in total. The zero-order valence-electron chi connectivity index (χ0n) is 7.47. The van der Waals surface area contributed by atoms with Crippen LogP contribution in [0.3, 0.4) is 0 Å². The molecule has 0 spiro atoms. The number of carbonyl (C=O) groups is 3. The monoisotopic (exact) mass is 324 g/mol. The molecule has 0 saturated carbocycles. The van der Waals surface area contributed by atoms with E-state index in [9.17, 15) is 14.4 Å². The van der Waals surface area contributed by atoms with Gasteiger partial charge in [-0.1, -0.05) is 0 Å². The summed E-state index contributed by atoms with van der Waals surface area (Å²) in [7, 11) is 0. The zero-order chi connectivity index (χ0) is 11.1. The molecular formula is C8H15K3O6. The summed E-state index contributed by atoms with van der Waals surface area (Å²) in [6, 6.07) is 0. The molecule has 0 amide bonds. The van der Waals surface area contributed by atoms with E-state index in [1.54, 1.807) is 0 Å². The molecule has 0 aromatic carbocycles. The summed E-state index contributed by atoms with van der Waals surface area (Å²) >= 11 is 0. The third kappa shape index (κ3) is 19.3. The van der Waals surface area contributed by atoms with Gasteiger partial charge in [-0.15, -0.1) is 0 Å². The van der Waals surface area contributed by atoms with E-state index in [0.29, 0.717) is 0 Å². The fraction of sp³-hybridized carbons (Fsp3) is 0.625. The second-order valence-corrected chi connectivity index (χ2v) is 2.90. The van der Waals surface area contributed by atoms with Crippen molar-refractivity contribution in [1.82, 2.24) is 0 Å². The van der Waals surface area contributed by atoms with Crippen molar-refractivity contribution in [2.24, 2.45) is 5.92 Å². The molecule has 0 radical (unpaired) electrons. The maximum absolute atomic E-state index is 10.5. The van der Waals surface area contributed by atoms with Crippen LogP contribution < -0.4 is 0 Å². The molecule has 0 rings (SSSR count). The molecule has 17 heavy (non-hydrogen) atoms. The van der Waals surface area contributed by atoms with E-state index in [-0.39, 0.29) is 180 Å². The topological polar surface area (TPSA) is 112 Å². The predicted octanol–water partition coefficient (Wildman–Crippen LogP) is -1.53. The molecule has 0 saturated heterocycles. The van der Waals surface area contributed by atoms with Gasteiger partial charge in [0.15, 0.2) is 0 Å². The summed E-state index contributed by atoms with van der Waals surface area (Å²) in [4.78, 5) is 30.8. The molecular weight excluding hydrogens is 309 g/mol. The predicted molar refractivity (Wildman–Crippen MR) is 66.3 cm³/mol. The first-order valence-electron chi connectivity index (χ1n) is 4.10. The van der Waals surface area contributed by atoms with Gasteiger partial charge in [-0.3, -0.25) is 14.4 Å². The Kier molecular flexibility index (Phi) is 29.1. The quantitative estimate of drug-likeness (QED) is 0.490. The van der Waals surface area contributed by atoms with E-state index in [1.165, 1.54) is 0 Å². The van der Waals surface area contributed by atoms with Crippen molar-refractivity contribution in [3.63, 3.8) is 0 Å². The summed E-state index contributed by atoms with van der Waals surface area (Å²) in [5, 5.41) is 25.2. The molecule has 0 fully saturated rings. The van der Waals surface area contributed by atoms with Crippen LogP contribution in [0.15, 0.2) is 0 Å². The Bertz CT molecular complexity index is 227. The van der Waals surface area contributed by atoms with Crippen molar-refractivity contribution in [3.8, 4) is 0 Å². The van der Waals surface area contributed by atoms with Crippen molar-refractivity contribution >= 4 is 172 Å². The average Bonchev–Trinajstić information content (AvgIpc) is 2.02. The number of aliphatic carboxylic acids is 3. The molecule has 0 bridgehead atoms. The van der Waals surface area contributed by atoms with Gasteiger partial charge < -0.3 is 15.3 Å². The Morgan fingerprint density at radius 1 is 0.765 bits per heavy atom. The van der Waals surface area contributed by atoms with Crippen LogP contribution in [0.5, 0.6) is 0 Å². The van der Waals surface area contributed by atoms with Gasteiger partial charge in [-0.25, -0.2) is 0 Å². The molecule has 0 aliphatic carbocycles. The van der Waals surface area contributed by atoms with Gasteiger partial charge in [0.2, 0.25) is 0 Å². The maximum atomic E-state index is 10.5. The van der Waals surface area contributed by atoms with Crippen molar-refractivity contribution in [2.45, 2.75) is 25.7 Å². The van der Waals surface area contributed by atoms with Gasteiger partial charge in [-0.05, 0) is 12.8 Å². The van der Waals surface area contributed by atoms with Crippen molar-refractivity contribution in [2.75, 3.05) is 0 Å². The first kappa shape index (κ1) is 28.5. The molecule has 0 heterocycles. The van der Waals surface area contributed by atoms with Gasteiger partial charge in [0, 0.05) is 12.8 Å². The number of hydrogen-bond donors (Lipinski definition) is 3. The van der Waals surface area contributed by atoms with Gasteiger partial charge >= 0.3 is 172 Å². The molecule has 86 valence electrons. The Morgan fingerprint density at radius 2 is 1.06 bits per heavy atom. The van der Waals surface area contributed by atoms with E-state index in [2.05, 4.69) is 0 Å². The third-order valence-corrected chi connectivity index (χ3v) is 1.76. The summed E-state index contributed by atoms with van der Waals surface area (Å²) in [5.41, 5.74) is 0. The second-order valence-electron chi connectivity index (χ2n) is 2.90. The minimum absolute atomic E-state index is 0. The van der Waals surface area contributed by atoms with Crippen molar-refractivity contribution in [1.29, 1.82) is 0 Å². The molecule has 0 unspecified atom stereocenters. The van der Waals surface area contributed by atoms with E-state index >= 15 is 0 Å². The molecule has 0 aliphatic rings. The zero-order valence-corrected chi connectivity index (χ0v) is 7.47. The van der Waals surface area contributed by atoms with Crippen molar-refractivity contribution in [3.05, 3.63) is 0 Å². The molecule has 0 aliphatic heterocycles. The molecule has 0 aromatic heterocycles. The standard InChI is InChI=1S/C8H12O6.3K.3H/c9-6(10)3-1-5(8(13)14)2-4-7(11)12;;;;;;/h5H,1-4H2,(H,9,10)(H,11,12)(H,13,14);;;;;;. The Balaban J connectivity index is -0.000000282. The first-order valence-corrected chi connectivity index (χ1v) is 4.10. The van der Waals surface area contributed by atoms with E-state index in [4.69, 9.17) is 15.3 Å². The normalized spacial score (nSPS) is 8.29. The molecule has 0 aromatic rings. The van der Waals surface area contributed by atoms with E-state index < -0.39 is 23.8 Å². The number of hydrogen-bond acceptors (Lipinski definition) is 3. The van der Waals surface area contributed by atoms with Crippen molar-refractivity contribution < 1.29 is 29.7 Å². The van der Waals surface area contributed by atoms with Crippen LogP contribution >= 0.6 is 0 Å². The number of rotatable bonds is 7. The van der Waals surface area contributed by atoms with Crippen LogP contribution in [0.2, 0.25) is 0 Å². The third-order valence-electron chi connectivity index (χ3n) is 1.76. The van der Waals surface area contributed by atoms with Crippen LogP contribution in [0.25, 0.3) is 0 Å². The van der Waals surface area contributed by atoms with Gasteiger partial charge in [0.25, 0.3) is 0 Å². The number of carboxylic acids is 3. The molecule has 9 heteroatoms. The average molecular weight is 324 g/mol. The summed E-state index contributed by atoms with van der Waals surface area (Å²) < 4.78 is 0. The first-order chi connectivity index (χ1) is 6.43. The van der Waals surface area contributed by atoms with E-state index in [0.717, 1.165) is 0 Å². The van der Waals surface area contributed by atoms with Gasteiger partial charge in [0.1, 0.15) is 0 Å². The molecule has 6 nitrogen and oxygen atoms in total. The fourth-order valence-electron chi connectivity index (χ4n) is 0.987. The van der Waals surface area contributed by atoms with Gasteiger partial charge in [-0.2, -0.15) is 0 Å². The van der Waals surface area contributed by atoms with Gasteiger partial charge in [0.05, 0.1) is 5.92 Å². The van der Waals surface area contributed by atoms with Crippen LogP contribution in [-0.4, -0.2) is 187 Å². The van der Waals surface area contributed by atoms with Crippen LogP contribution in [0.4, 0.5) is 0 Å². The Hall–Kier alpha value is 3.32. The number of carboxylic acid groups (broad SMARTS) is 3. The second kappa shape index (κ2) is 17.4. The van der Waals surface area contributed by atoms with Crippen LogP contribution in [-0.2, 0) is 14.4 Å². The summed E-state index contributed by atoms with van der Waals surface area (Å²) in [6.45, 7) is 0. The Morgan fingerprint density at radius 3 is 1.24 bits per heavy atom. The summed E-state index contributed by atoms with van der Waals surface area (Å²) in [5.74, 6) is -4.19. The SMILES string of the molecule is O=C(O)CCC(CCC(=O)O)C(=O)O.[KH].[KH].[KH]. The Labute approximate surface area is 227 Å². The molecule has 0 atom stereocenters. The van der Waals surface area contributed by atoms with Crippen LogP contribution in [0.1, 0.15) is 25.7 Å². The van der Waals surface area contributed by atoms with Crippen LogP contribution in [0, 0.1) is 5.92 Å². The van der Waals surface area contributed by atoms with E-state index in [1.807, 2.05) is 0 Å².